The van der Waals surface area contributed by atoms with Gasteiger partial charge in [-0.2, -0.15) is 0 Å². The predicted molar refractivity (Wildman–Crippen MR) is 145 cm³/mol. The third-order valence-corrected chi connectivity index (χ3v) is 7.76. The molecule has 0 aliphatic carbocycles. The van der Waals surface area contributed by atoms with Gasteiger partial charge in [0.15, 0.2) is 0 Å². The molecule has 2 heteroatoms. The molecule has 0 atom stereocenters. The van der Waals surface area contributed by atoms with Crippen molar-refractivity contribution >= 4 is 76.2 Å². The van der Waals surface area contributed by atoms with Gasteiger partial charge in [-0.1, -0.05) is 84.9 Å². The van der Waals surface area contributed by atoms with Gasteiger partial charge in [0.25, 0.3) is 0 Å². The van der Waals surface area contributed by atoms with Gasteiger partial charge in [0.1, 0.15) is 0 Å². The van der Waals surface area contributed by atoms with Crippen molar-refractivity contribution in [3.63, 3.8) is 0 Å². The molecule has 9 rings (SSSR count). The molecule has 3 heterocycles. The summed E-state index contributed by atoms with van der Waals surface area (Å²) < 4.78 is 5.03. The second-order valence-corrected chi connectivity index (χ2v) is 9.39. The van der Waals surface area contributed by atoms with E-state index < -0.39 is 0 Å². The van der Waals surface area contributed by atoms with Crippen molar-refractivity contribution < 1.29 is 0 Å². The Morgan fingerprint density at radius 1 is 0.353 bits per heavy atom. The Bertz CT molecular complexity index is 2110. The van der Waals surface area contributed by atoms with Crippen LogP contribution in [0.25, 0.3) is 76.2 Å². The molecular formula is C32H18N2. The number of fused-ring (bicyclic) bond motifs is 12. The summed E-state index contributed by atoms with van der Waals surface area (Å²) in [4.78, 5) is 0. The molecular weight excluding hydrogens is 412 g/mol. The summed E-state index contributed by atoms with van der Waals surface area (Å²) in [7, 11) is 0. The van der Waals surface area contributed by atoms with E-state index in [-0.39, 0.29) is 0 Å². The third-order valence-electron chi connectivity index (χ3n) is 7.76. The normalized spacial score (nSPS) is 12.7. The van der Waals surface area contributed by atoms with E-state index >= 15 is 0 Å². The van der Waals surface area contributed by atoms with Gasteiger partial charge >= 0.3 is 0 Å². The molecule has 156 valence electrons. The Balaban J connectivity index is 1.80. The molecule has 0 aliphatic rings. The van der Waals surface area contributed by atoms with Crippen LogP contribution < -0.4 is 0 Å². The van der Waals surface area contributed by atoms with Crippen LogP contribution in [0.4, 0.5) is 0 Å². The molecule has 34 heavy (non-hydrogen) atoms. The zero-order chi connectivity index (χ0) is 22.0. The van der Waals surface area contributed by atoms with E-state index in [4.69, 9.17) is 0 Å². The van der Waals surface area contributed by atoms with Crippen LogP contribution in [0.15, 0.2) is 109 Å². The predicted octanol–water partition coefficient (Wildman–Crippen LogP) is 8.55. The SMILES string of the molecule is c1ccc2c(c1)cc1c3c2c2ccccc2n3c2cc3ccccc3c3c4ccccc4n1c32. The Kier molecular flexibility index (Phi) is 2.83. The minimum Gasteiger partial charge on any atom is -0.305 e. The Hall–Kier alpha value is -4.56. The van der Waals surface area contributed by atoms with E-state index in [1.54, 1.807) is 0 Å². The van der Waals surface area contributed by atoms with Crippen LogP contribution in [0.2, 0.25) is 0 Å². The lowest BCUT2D eigenvalue weighted by Gasteiger charge is -2.14. The van der Waals surface area contributed by atoms with Crippen LogP contribution in [0.3, 0.4) is 0 Å². The Morgan fingerprint density at radius 3 is 1.21 bits per heavy atom. The standard InChI is InChI=1S/C32H18N2/c1-3-11-21-19(9-1)17-27-31-29(21)23-13-5-7-15-25(23)34(31)28-18-20-10-2-4-12-22(20)30-24-14-6-8-16-26(24)33(27)32(28)30/h1-18H. The number of para-hydroxylation sites is 2. The van der Waals surface area contributed by atoms with Crippen LogP contribution in [-0.2, 0) is 0 Å². The van der Waals surface area contributed by atoms with E-state index in [1.165, 1.54) is 76.2 Å². The van der Waals surface area contributed by atoms with Gasteiger partial charge in [-0.15, -0.1) is 0 Å². The molecule has 0 amide bonds. The molecule has 0 radical (unpaired) electrons. The van der Waals surface area contributed by atoms with Crippen molar-refractivity contribution in [1.29, 1.82) is 0 Å². The summed E-state index contributed by atoms with van der Waals surface area (Å²) in [5.74, 6) is 0. The number of aromatic nitrogens is 2. The number of rotatable bonds is 0. The average molecular weight is 431 g/mol. The smallest absolute Gasteiger partial charge is 0.0789 e. The van der Waals surface area contributed by atoms with Crippen molar-refractivity contribution in [3.05, 3.63) is 109 Å². The molecule has 0 spiro atoms. The van der Waals surface area contributed by atoms with E-state index in [0.29, 0.717) is 0 Å². The van der Waals surface area contributed by atoms with E-state index in [9.17, 15) is 0 Å². The summed E-state index contributed by atoms with van der Waals surface area (Å²) in [6, 6.07) is 40.2. The highest BCUT2D eigenvalue weighted by atomic mass is 15.0. The fourth-order valence-electron chi connectivity index (χ4n) is 6.48. The number of nitrogens with zero attached hydrogens (tertiary/aromatic N) is 2. The summed E-state index contributed by atoms with van der Waals surface area (Å²) >= 11 is 0. The molecule has 2 nitrogen and oxygen atoms in total. The fraction of sp³-hybridized carbons (Fsp3) is 0. The van der Waals surface area contributed by atoms with Gasteiger partial charge in [-0.25, -0.2) is 0 Å². The molecule has 0 N–H and O–H groups in total. The first-order valence-corrected chi connectivity index (χ1v) is 11.8. The molecule has 0 bridgehead atoms. The Labute approximate surface area is 194 Å². The molecule has 0 fully saturated rings. The summed E-state index contributed by atoms with van der Waals surface area (Å²) in [6.07, 6.45) is 0. The topological polar surface area (TPSA) is 8.82 Å². The van der Waals surface area contributed by atoms with Gasteiger partial charge in [0.05, 0.1) is 33.1 Å². The minimum absolute atomic E-state index is 1.26. The molecule has 9 aromatic rings. The van der Waals surface area contributed by atoms with Crippen LogP contribution in [-0.4, -0.2) is 8.80 Å². The first kappa shape index (κ1) is 17.0. The van der Waals surface area contributed by atoms with E-state index in [0.717, 1.165) is 0 Å². The highest BCUT2D eigenvalue weighted by Gasteiger charge is 2.23. The van der Waals surface area contributed by atoms with Crippen molar-refractivity contribution in [1.82, 2.24) is 8.80 Å². The highest BCUT2D eigenvalue weighted by Crippen LogP contribution is 2.45. The van der Waals surface area contributed by atoms with E-state index in [1.807, 2.05) is 0 Å². The van der Waals surface area contributed by atoms with Gasteiger partial charge in [0.2, 0.25) is 0 Å². The third kappa shape index (κ3) is 1.79. The first-order valence-electron chi connectivity index (χ1n) is 11.8. The molecule has 0 saturated heterocycles. The zero-order valence-corrected chi connectivity index (χ0v) is 18.3. The summed E-state index contributed by atoms with van der Waals surface area (Å²) in [5, 5.41) is 10.5. The maximum Gasteiger partial charge on any atom is 0.0789 e. The summed E-state index contributed by atoms with van der Waals surface area (Å²) in [6.45, 7) is 0. The maximum atomic E-state index is 2.51. The van der Waals surface area contributed by atoms with Gasteiger partial charge in [-0.3, -0.25) is 0 Å². The van der Waals surface area contributed by atoms with Crippen molar-refractivity contribution in [2.24, 2.45) is 0 Å². The van der Waals surface area contributed by atoms with Gasteiger partial charge < -0.3 is 8.80 Å². The van der Waals surface area contributed by atoms with E-state index in [2.05, 4.69) is 118 Å². The lowest BCUT2D eigenvalue weighted by molar-refractivity contribution is 1.26. The average Bonchev–Trinajstić information content (AvgIpc) is 3.43. The number of hydrogen-bond acceptors (Lipinski definition) is 0. The highest BCUT2D eigenvalue weighted by molar-refractivity contribution is 6.31. The quantitative estimate of drug-likeness (QED) is 0.213. The Morgan fingerprint density at radius 2 is 0.735 bits per heavy atom. The van der Waals surface area contributed by atoms with Crippen molar-refractivity contribution in [2.75, 3.05) is 0 Å². The second-order valence-electron chi connectivity index (χ2n) is 9.39. The number of benzene rings is 6. The largest absolute Gasteiger partial charge is 0.305 e. The molecule has 0 unspecified atom stereocenters. The monoisotopic (exact) mass is 430 g/mol. The molecule has 0 aliphatic heterocycles. The van der Waals surface area contributed by atoms with Crippen molar-refractivity contribution in [2.45, 2.75) is 0 Å². The summed E-state index contributed by atoms with van der Waals surface area (Å²) in [5.41, 5.74) is 7.65. The van der Waals surface area contributed by atoms with Crippen LogP contribution in [0.1, 0.15) is 0 Å². The number of hydrogen-bond donors (Lipinski definition) is 0. The van der Waals surface area contributed by atoms with Crippen LogP contribution >= 0.6 is 0 Å². The van der Waals surface area contributed by atoms with Crippen LogP contribution in [0, 0.1) is 0 Å². The minimum atomic E-state index is 1.26. The molecule has 0 saturated carbocycles. The van der Waals surface area contributed by atoms with Gasteiger partial charge in [0, 0.05) is 21.5 Å². The van der Waals surface area contributed by atoms with Crippen LogP contribution in [0.5, 0.6) is 0 Å². The molecule has 6 aromatic carbocycles. The zero-order valence-electron chi connectivity index (χ0n) is 18.3. The molecule has 3 aromatic heterocycles. The lowest BCUT2D eigenvalue weighted by Crippen LogP contribution is -1.97. The maximum absolute atomic E-state index is 2.51. The first-order chi connectivity index (χ1) is 16.9. The van der Waals surface area contributed by atoms with Crippen molar-refractivity contribution in [3.8, 4) is 0 Å². The fourth-order valence-corrected chi connectivity index (χ4v) is 6.48. The van der Waals surface area contributed by atoms with Gasteiger partial charge in [-0.05, 0) is 45.8 Å². The second kappa shape index (κ2) is 5.67. The lowest BCUT2D eigenvalue weighted by atomic mass is 10.0.